The predicted molar refractivity (Wildman–Crippen MR) is 125 cm³/mol. The number of ether oxygens (including phenoxy) is 1. The second-order valence-corrected chi connectivity index (χ2v) is 8.40. The average molecular weight is 437 g/mol. The molecule has 2 aromatic carbocycles. The summed E-state index contributed by atoms with van der Waals surface area (Å²) in [6.45, 7) is 3.32. The molecule has 1 heterocycles. The van der Waals surface area contributed by atoms with E-state index in [-0.39, 0.29) is 30.4 Å². The number of carbonyl (C=O) groups is 3. The van der Waals surface area contributed by atoms with Gasteiger partial charge in [0.05, 0.1) is 7.11 Å². The van der Waals surface area contributed by atoms with Gasteiger partial charge in [0.2, 0.25) is 11.8 Å². The number of amides is 2. The number of Topliss-reactive ketones (excluding diaryl/α,β-unsaturated/α-hetero) is 1. The molecule has 0 aliphatic carbocycles. The summed E-state index contributed by atoms with van der Waals surface area (Å²) in [4.78, 5) is 39.2. The van der Waals surface area contributed by atoms with Crippen molar-refractivity contribution < 1.29 is 19.1 Å². The zero-order valence-corrected chi connectivity index (χ0v) is 18.9. The average Bonchev–Trinajstić information content (AvgIpc) is 2.83. The standard InChI is InChI=1S/C26H32N2O4/c1-19-17-22(32-2)11-12-23(19)27-25(30)14-10-20-7-6-16-28(18-20)26(31)15-13-24(29)21-8-4-3-5-9-21/h3-5,8-9,11-12,17,20H,6-7,10,13-16,18H2,1-2H3,(H,27,30). The Morgan fingerprint density at radius 1 is 1.06 bits per heavy atom. The molecule has 0 bridgehead atoms. The number of carbonyl (C=O) groups excluding carboxylic acids is 3. The number of rotatable bonds is 9. The molecule has 170 valence electrons. The number of aryl methyl sites for hydroxylation is 1. The summed E-state index contributed by atoms with van der Waals surface area (Å²) >= 11 is 0. The summed E-state index contributed by atoms with van der Waals surface area (Å²) in [5.41, 5.74) is 2.39. The maximum Gasteiger partial charge on any atom is 0.224 e. The Bertz CT molecular complexity index is 942. The fraction of sp³-hybridized carbons (Fsp3) is 0.423. The van der Waals surface area contributed by atoms with Crippen LogP contribution in [0.4, 0.5) is 5.69 Å². The monoisotopic (exact) mass is 436 g/mol. The molecule has 2 aromatic rings. The Kier molecular flexibility index (Phi) is 8.42. The molecule has 0 radical (unpaired) electrons. The van der Waals surface area contributed by atoms with Crippen LogP contribution in [0.1, 0.15) is 54.4 Å². The number of nitrogens with zero attached hydrogens (tertiary/aromatic N) is 1. The molecule has 3 rings (SSSR count). The second-order valence-electron chi connectivity index (χ2n) is 8.40. The number of anilines is 1. The van der Waals surface area contributed by atoms with E-state index in [0.29, 0.717) is 24.4 Å². The predicted octanol–water partition coefficient (Wildman–Crippen LogP) is 4.62. The van der Waals surface area contributed by atoms with E-state index in [1.807, 2.05) is 48.2 Å². The topological polar surface area (TPSA) is 75.7 Å². The van der Waals surface area contributed by atoms with Gasteiger partial charge in [-0.2, -0.15) is 0 Å². The van der Waals surface area contributed by atoms with Crippen molar-refractivity contribution in [3.05, 3.63) is 59.7 Å². The summed E-state index contributed by atoms with van der Waals surface area (Å²) < 4.78 is 5.20. The Balaban J connectivity index is 1.42. The van der Waals surface area contributed by atoms with Gasteiger partial charge >= 0.3 is 0 Å². The molecule has 1 aliphatic heterocycles. The van der Waals surface area contributed by atoms with Gasteiger partial charge in [0.25, 0.3) is 0 Å². The van der Waals surface area contributed by atoms with Crippen molar-refractivity contribution in [2.24, 2.45) is 5.92 Å². The number of hydrogen-bond donors (Lipinski definition) is 1. The van der Waals surface area contributed by atoms with Crippen LogP contribution in [0.15, 0.2) is 48.5 Å². The lowest BCUT2D eigenvalue weighted by Gasteiger charge is -2.33. The molecule has 1 atom stereocenters. The molecular formula is C26H32N2O4. The van der Waals surface area contributed by atoms with E-state index in [4.69, 9.17) is 4.74 Å². The van der Waals surface area contributed by atoms with Crippen LogP contribution in [0, 0.1) is 12.8 Å². The van der Waals surface area contributed by atoms with Gasteiger partial charge < -0.3 is 15.0 Å². The molecule has 1 aliphatic rings. The van der Waals surface area contributed by atoms with Crippen LogP contribution in [0.5, 0.6) is 5.75 Å². The minimum atomic E-state index is -0.0184. The number of likely N-dealkylation sites (tertiary alicyclic amines) is 1. The number of ketones is 1. The van der Waals surface area contributed by atoms with E-state index in [2.05, 4.69) is 5.32 Å². The number of benzene rings is 2. The molecule has 0 saturated carbocycles. The summed E-state index contributed by atoms with van der Waals surface area (Å²) in [6.07, 6.45) is 3.58. The van der Waals surface area contributed by atoms with Crippen LogP contribution >= 0.6 is 0 Å². The molecule has 2 amide bonds. The Hall–Kier alpha value is -3.15. The van der Waals surface area contributed by atoms with E-state index in [1.54, 1.807) is 19.2 Å². The van der Waals surface area contributed by atoms with Gasteiger partial charge in [-0.25, -0.2) is 0 Å². The fourth-order valence-electron chi connectivity index (χ4n) is 4.13. The molecule has 1 fully saturated rings. The molecule has 6 heteroatoms. The first kappa shape index (κ1) is 23.5. The maximum atomic E-state index is 12.6. The van der Waals surface area contributed by atoms with E-state index >= 15 is 0 Å². The van der Waals surface area contributed by atoms with Gasteiger partial charge in [-0.15, -0.1) is 0 Å². The van der Waals surface area contributed by atoms with E-state index in [0.717, 1.165) is 42.8 Å². The molecule has 1 unspecified atom stereocenters. The number of hydrogen-bond acceptors (Lipinski definition) is 4. The third-order valence-electron chi connectivity index (χ3n) is 6.02. The smallest absolute Gasteiger partial charge is 0.224 e. The van der Waals surface area contributed by atoms with Crippen molar-refractivity contribution in [3.63, 3.8) is 0 Å². The normalized spacial score (nSPS) is 15.8. The van der Waals surface area contributed by atoms with Crippen molar-refractivity contribution in [2.75, 3.05) is 25.5 Å². The molecule has 0 spiro atoms. The highest BCUT2D eigenvalue weighted by molar-refractivity contribution is 5.97. The summed E-state index contributed by atoms with van der Waals surface area (Å²) in [6, 6.07) is 14.7. The van der Waals surface area contributed by atoms with Crippen molar-refractivity contribution in [1.29, 1.82) is 0 Å². The highest BCUT2D eigenvalue weighted by Crippen LogP contribution is 2.24. The van der Waals surface area contributed by atoms with Crippen LogP contribution in [-0.2, 0) is 9.59 Å². The first-order chi connectivity index (χ1) is 15.5. The lowest BCUT2D eigenvalue weighted by molar-refractivity contribution is -0.133. The van der Waals surface area contributed by atoms with Crippen LogP contribution in [0.3, 0.4) is 0 Å². The zero-order valence-electron chi connectivity index (χ0n) is 18.9. The van der Waals surface area contributed by atoms with Crippen LogP contribution in [0.25, 0.3) is 0 Å². The Labute approximate surface area is 189 Å². The van der Waals surface area contributed by atoms with Gasteiger partial charge in [-0.05, 0) is 55.9 Å². The summed E-state index contributed by atoms with van der Waals surface area (Å²) in [5, 5.41) is 2.97. The number of piperidine rings is 1. The van der Waals surface area contributed by atoms with Gasteiger partial charge in [0.15, 0.2) is 5.78 Å². The largest absolute Gasteiger partial charge is 0.497 e. The van der Waals surface area contributed by atoms with Crippen LogP contribution in [0.2, 0.25) is 0 Å². The molecule has 6 nitrogen and oxygen atoms in total. The highest BCUT2D eigenvalue weighted by Gasteiger charge is 2.24. The summed E-state index contributed by atoms with van der Waals surface area (Å²) in [5.74, 6) is 1.07. The van der Waals surface area contributed by atoms with E-state index in [1.165, 1.54) is 0 Å². The molecular weight excluding hydrogens is 404 g/mol. The number of nitrogens with one attached hydrogen (secondary N) is 1. The zero-order chi connectivity index (χ0) is 22.9. The third-order valence-corrected chi connectivity index (χ3v) is 6.02. The first-order valence-corrected chi connectivity index (χ1v) is 11.3. The lowest BCUT2D eigenvalue weighted by Crippen LogP contribution is -2.40. The molecule has 1 N–H and O–H groups in total. The summed E-state index contributed by atoms with van der Waals surface area (Å²) in [7, 11) is 1.62. The van der Waals surface area contributed by atoms with Gasteiger partial charge in [-0.1, -0.05) is 30.3 Å². The Morgan fingerprint density at radius 2 is 1.84 bits per heavy atom. The van der Waals surface area contributed by atoms with Crippen molar-refractivity contribution in [2.45, 2.75) is 45.4 Å². The first-order valence-electron chi connectivity index (χ1n) is 11.3. The van der Waals surface area contributed by atoms with Crippen molar-refractivity contribution >= 4 is 23.3 Å². The van der Waals surface area contributed by atoms with E-state index < -0.39 is 0 Å². The molecule has 32 heavy (non-hydrogen) atoms. The van der Waals surface area contributed by atoms with Gasteiger partial charge in [0, 0.05) is 43.6 Å². The van der Waals surface area contributed by atoms with Crippen molar-refractivity contribution in [3.8, 4) is 5.75 Å². The molecule has 0 aromatic heterocycles. The quantitative estimate of drug-likeness (QED) is 0.582. The maximum absolute atomic E-state index is 12.6. The molecule has 1 saturated heterocycles. The van der Waals surface area contributed by atoms with Crippen LogP contribution < -0.4 is 10.1 Å². The van der Waals surface area contributed by atoms with Crippen molar-refractivity contribution in [1.82, 2.24) is 4.90 Å². The number of methoxy groups -OCH3 is 1. The third kappa shape index (κ3) is 6.67. The Morgan fingerprint density at radius 3 is 2.56 bits per heavy atom. The van der Waals surface area contributed by atoms with E-state index in [9.17, 15) is 14.4 Å². The SMILES string of the molecule is COc1ccc(NC(=O)CCC2CCCN(C(=O)CCC(=O)c3ccccc3)C2)c(C)c1. The minimum Gasteiger partial charge on any atom is -0.497 e. The van der Waals surface area contributed by atoms with Crippen LogP contribution in [-0.4, -0.2) is 42.7 Å². The second kappa shape index (κ2) is 11.5. The fourth-order valence-corrected chi connectivity index (χ4v) is 4.13. The van der Waals surface area contributed by atoms with Gasteiger partial charge in [-0.3, -0.25) is 14.4 Å². The minimum absolute atomic E-state index is 0.00185. The van der Waals surface area contributed by atoms with Gasteiger partial charge in [0.1, 0.15) is 5.75 Å². The lowest BCUT2D eigenvalue weighted by atomic mass is 9.93. The highest BCUT2D eigenvalue weighted by atomic mass is 16.5.